The summed E-state index contributed by atoms with van der Waals surface area (Å²) in [7, 11) is 1.95. The van der Waals surface area contributed by atoms with E-state index in [1.165, 1.54) is 0 Å². The van der Waals surface area contributed by atoms with Gasteiger partial charge in [-0.15, -0.1) is 0 Å². The van der Waals surface area contributed by atoms with Crippen molar-refractivity contribution in [1.29, 1.82) is 0 Å². The zero-order valence-electron chi connectivity index (χ0n) is 12.1. The number of H-pyrrole nitrogens is 1. The minimum atomic E-state index is -0.0381. The molecule has 0 spiro atoms. The van der Waals surface area contributed by atoms with E-state index in [1.54, 1.807) is 6.26 Å². The van der Waals surface area contributed by atoms with Gasteiger partial charge in [-0.3, -0.25) is 9.69 Å². The normalized spacial score (nSPS) is 11.4. The van der Waals surface area contributed by atoms with Crippen LogP contribution in [0.25, 0.3) is 10.9 Å². The lowest BCUT2D eigenvalue weighted by molar-refractivity contribution is 0.302. The summed E-state index contributed by atoms with van der Waals surface area (Å²) >= 11 is 0. The highest BCUT2D eigenvalue weighted by Gasteiger charge is 2.09. The molecule has 0 saturated carbocycles. The highest BCUT2D eigenvalue weighted by atomic mass is 16.5. The molecule has 0 saturated heterocycles. The number of benzene rings is 1. The Morgan fingerprint density at radius 2 is 2.14 bits per heavy atom. The SMILES string of the molecule is Cc1cccc2cc(CN(C)Cc3ccon3)c(=O)[nH]c12. The van der Waals surface area contributed by atoms with Crippen LogP contribution in [0.5, 0.6) is 0 Å². The molecule has 0 aliphatic heterocycles. The molecular formula is C16H17N3O2. The third kappa shape index (κ3) is 2.87. The number of nitrogens with one attached hydrogen (secondary N) is 1. The molecule has 0 aliphatic carbocycles. The maximum Gasteiger partial charge on any atom is 0.252 e. The molecule has 21 heavy (non-hydrogen) atoms. The van der Waals surface area contributed by atoms with E-state index < -0.39 is 0 Å². The van der Waals surface area contributed by atoms with Gasteiger partial charge in [-0.2, -0.15) is 0 Å². The number of rotatable bonds is 4. The maximum absolute atomic E-state index is 12.2. The molecule has 0 bridgehead atoms. The number of fused-ring (bicyclic) bond motifs is 1. The molecular weight excluding hydrogens is 266 g/mol. The van der Waals surface area contributed by atoms with Gasteiger partial charge in [0.25, 0.3) is 5.56 Å². The smallest absolute Gasteiger partial charge is 0.252 e. The van der Waals surface area contributed by atoms with Crippen molar-refractivity contribution in [2.24, 2.45) is 0 Å². The van der Waals surface area contributed by atoms with Crippen LogP contribution in [0.4, 0.5) is 0 Å². The topological polar surface area (TPSA) is 62.1 Å². The van der Waals surface area contributed by atoms with Gasteiger partial charge >= 0.3 is 0 Å². The van der Waals surface area contributed by atoms with Gasteiger partial charge in [-0.1, -0.05) is 23.4 Å². The van der Waals surface area contributed by atoms with Crippen LogP contribution in [0.2, 0.25) is 0 Å². The fourth-order valence-corrected chi connectivity index (χ4v) is 2.49. The number of para-hydroxylation sites is 1. The first kappa shape index (κ1) is 13.6. The number of aryl methyl sites for hydroxylation is 1. The van der Waals surface area contributed by atoms with Gasteiger partial charge in [0.15, 0.2) is 0 Å². The molecule has 1 aromatic carbocycles. The lowest BCUT2D eigenvalue weighted by Crippen LogP contribution is -2.23. The standard InChI is InChI=1S/C16H17N3O2/c1-11-4-3-5-12-8-13(16(20)17-15(11)12)9-19(2)10-14-6-7-21-18-14/h3-8H,9-10H2,1-2H3,(H,17,20). The highest BCUT2D eigenvalue weighted by Crippen LogP contribution is 2.15. The fraction of sp³-hybridized carbons (Fsp3) is 0.250. The van der Waals surface area contributed by atoms with Crippen molar-refractivity contribution in [1.82, 2.24) is 15.0 Å². The maximum atomic E-state index is 12.2. The molecule has 5 heteroatoms. The quantitative estimate of drug-likeness (QED) is 0.799. The average molecular weight is 283 g/mol. The lowest BCUT2D eigenvalue weighted by Gasteiger charge is -2.15. The minimum absolute atomic E-state index is 0.0381. The molecule has 0 radical (unpaired) electrons. The van der Waals surface area contributed by atoms with Crippen molar-refractivity contribution in [2.75, 3.05) is 7.05 Å². The molecule has 0 atom stereocenters. The average Bonchev–Trinajstić information content (AvgIpc) is 2.93. The number of pyridine rings is 1. The van der Waals surface area contributed by atoms with Crippen molar-refractivity contribution in [2.45, 2.75) is 20.0 Å². The molecule has 2 aromatic heterocycles. The first-order valence-electron chi connectivity index (χ1n) is 6.83. The Hall–Kier alpha value is -2.40. The van der Waals surface area contributed by atoms with Crippen LogP contribution in [-0.4, -0.2) is 22.1 Å². The van der Waals surface area contributed by atoms with E-state index in [-0.39, 0.29) is 5.56 Å². The number of hydrogen-bond donors (Lipinski definition) is 1. The Bertz CT molecular complexity index is 806. The number of aromatic amines is 1. The van der Waals surface area contributed by atoms with E-state index >= 15 is 0 Å². The Kier molecular flexibility index (Phi) is 3.58. The molecule has 1 N–H and O–H groups in total. The summed E-state index contributed by atoms with van der Waals surface area (Å²) in [5.41, 5.74) is 3.55. The Morgan fingerprint density at radius 3 is 2.90 bits per heavy atom. The third-order valence-corrected chi connectivity index (χ3v) is 3.53. The first-order valence-corrected chi connectivity index (χ1v) is 6.83. The molecule has 2 heterocycles. The predicted octanol–water partition coefficient (Wildman–Crippen LogP) is 2.46. The molecule has 0 fully saturated rings. The summed E-state index contributed by atoms with van der Waals surface area (Å²) in [6.45, 7) is 3.20. The summed E-state index contributed by atoms with van der Waals surface area (Å²) in [5, 5.41) is 4.93. The van der Waals surface area contributed by atoms with Gasteiger partial charge in [0.1, 0.15) is 6.26 Å². The van der Waals surface area contributed by atoms with E-state index in [1.807, 2.05) is 49.2 Å². The van der Waals surface area contributed by atoms with Gasteiger partial charge in [0.05, 0.1) is 11.2 Å². The molecule has 108 valence electrons. The number of nitrogens with zero attached hydrogens (tertiary/aromatic N) is 2. The van der Waals surface area contributed by atoms with Crippen molar-refractivity contribution in [3.8, 4) is 0 Å². The summed E-state index contributed by atoms with van der Waals surface area (Å²) in [6, 6.07) is 9.79. The molecule has 0 aliphatic rings. The Morgan fingerprint density at radius 1 is 1.29 bits per heavy atom. The summed E-state index contributed by atoms with van der Waals surface area (Å²) in [4.78, 5) is 17.2. The molecule has 3 aromatic rings. The Balaban J connectivity index is 1.87. The number of hydrogen-bond acceptors (Lipinski definition) is 4. The van der Waals surface area contributed by atoms with Gasteiger partial charge in [-0.05, 0) is 31.0 Å². The number of aromatic nitrogens is 2. The van der Waals surface area contributed by atoms with E-state index in [0.29, 0.717) is 13.1 Å². The monoisotopic (exact) mass is 283 g/mol. The van der Waals surface area contributed by atoms with Crippen molar-refractivity contribution in [3.05, 3.63) is 63.8 Å². The summed E-state index contributed by atoms with van der Waals surface area (Å²) in [6.07, 6.45) is 1.55. The van der Waals surface area contributed by atoms with E-state index in [4.69, 9.17) is 4.52 Å². The zero-order chi connectivity index (χ0) is 14.8. The van der Waals surface area contributed by atoms with Crippen LogP contribution in [-0.2, 0) is 13.1 Å². The second kappa shape index (κ2) is 5.54. The largest absolute Gasteiger partial charge is 0.364 e. The summed E-state index contributed by atoms with van der Waals surface area (Å²) < 4.78 is 4.82. The van der Waals surface area contributed by atoms with Crippen LogP contribution in [0, 0.1) is 6.92 Å². The Labute approximate surface area is 122 Å². The molecule has 0 unspecified atom stereocenters. The second-order valence-corrected chi connectivity index (χ2v) is 5.33. The first-order chi connectivity index (χ1) is 10.1. The fourth-order valence-electron chi connectivity index (χ4n) is 2.49. The van der Waals surface area contributed by atoms with E-state index in [0.717, 1.165) is 27.7 Å². The van der Waals surface area contributed by atoms with Crippen LogP contribution in [0.3, 0.4) is 0 Å². The van der Waals surface area contributed by atoms with Crippen LogP contribution in [0.15, 0.2) is 45.9 Å². The summed E-state index contributed by atoms with van der Waals surface area (Å²) in [5.74, 6) is 0. The predicted molar refractivity (Wildman–Crippen MR) is 81.0 cm³/mol. The van der Waals surface area contributed by atoms with E-state index in [2.05, 4.69) is 10.1 Å². The molecule has 0 amide bonds. The van der Waals surface area contributed by atoms with Crippen molar-refractivity contribution >= 4 is 10.9 Å². The van der Waals surface area contributed by atoms with Crippen molar-refractivity contribution < 1.29 is 4.52 Å². The highest BCUT2D eigenvalue weighted by molar-refractivity contribution is 5.81. The second-order valence-electron chi connectivity index (χ2n) is 5.33. The van der Waals surface area contributed by atoms with Crippen LogP contribution < -0.4 is 5.56 Å². The third-order valence-electron chi connectivity index (χ3n) is 3.53. The van der Waals surface area contributed by atoms with E-state index in [9.17, 15) is 4.79 Å². The minimum Gasteiger partial charge on any atom is -0.364 e. The van der Waals surface area contributed by atoms with Gasteiger partial charge < -0.3 is 9.51 Å². The van der Waals surface area contributed by atoms with Gasteiger partial charge in [0.2, 0.25) is 0 Å². The van der Waals surface area contributed by atoms with Gasteiger partial charge in [-0.25, -0.2) is 0 Å². The van der Waals surface area contributed by atoms with Crippen LogP contribution >= 0.6 is 0 Å². The molecule has 3 rings (SSSR count). The zero-order valence-corrected chi connectivity index (χ0v) is 12.1. The van der Waals surface area contributed by atoms with Gasteiger partial charge in [0, 0.05) is 24.7 Å². The van der Waals surface area contributed by atoms with Crippen LogP contribution in [0.1, 0.15) is 16.8 Å². The van der Waals surface area contributed by atoms with Crippen molar-refractivity contribution in [3.63, 3.8) is 0 Å². The lowest BCUT2D eigenvalue weighted by atomic mass is 10.1. The molecule has 5 nitrogen and oxygen atoms in total.